The van der Waals surface area contributed by atoms with Gasteiger partial charge in [0.2, 0.25) is 0 Å². The molecular weight excluding hydrogens is 376 g/mol. The van der Waals surface area contributed by atoms with Crippen molar-refractivity contribution in [2.75, 3.05) is 0 Å². The Morgan fingerprint density at radius 3 is 2.07 bits per heavy atom. The van der Waals surface area contributed by atoms with E-state index in [4.69, 9.17) is 4.74 Å². The number of carbonyl (C=O) groups is 2. The maximum Gasteiger partial charge on any atom is 0.306 e. The third kappa shape index (κ3) is 13.3. The Labute approximate surface area is 182 Å². The van der Waals surface area contributed by atoms with Crippen molar-refractivity contribution in [3.63, 3.8) is 0 Å². The lowest BCUT2D eigenvalue weighted by Crippen LogP contribution is -2.41. The zero-order valence-corrected chi connectivity index (χ0v) is 18.6. The molecule has 4 heteroatoms. The van der Waals surface area contributed by atoms with Crippen molar-refractivity contribution in [3.05, 3.63) is 48.6 Å². The number of unbranched alkanes of at least 4 members (excludes halogenated alkanes) is 4. The highest BCUT2D eigenvalue weighted by Gasteiger charge is 2.33. The first-order valence-electron chi connectivity index (χ1n) is 11.7. The van der Waals surface area contributed by atoms with Gasteiger partial charge in [-0.15, -0.1) is 0 Å². The van der Waals surface area contributed by atoms with Gasteiger partial charge in [-0.3, -0.25) is 9.59 Å². The molecule has 0 bridgehead atoms. The van der Waals surface area contributed by atoms with Crippen molar-refractivity contribution in [3.8, 4) is 0 Å². The van der Waals surface area contributed by atoms with Gasteiger partial charge in [0.15, 0.2) is 11.9 Å². The molecule has 30 heavy (non-hydrogen) atoms. The fraction of sp³-hybridized carbons (Fsp3) is 0.615. The van der Waals surface area contributed by atoms with Crippen LogP contribution in [-0.4, -0.2) is 29.1 Å². The van der Waals surface area contributed by atoms with E-state index in [1.807, 2.05) is 0 Å². The number of Topliss-reactive ketones (excluding diaryl/α,β-unsaturated/α-hetero) is 1. The van der Waals surface area contributed by atoms with Gasteiger partial charge >= 0.3 is 5.97 Å². The molecule has 2 atom stereocenters. The minimum absolute atomic E-state index is 0.164. The maximum absolute atomic E-state index is 11.8. The molecule has 0 aromatic carbocycles. The van der Waals surface area contributed by atoms with Gasteiger partial charge in [-0.25, -0.2) is 0 Å². The Morgan fingerprint density at radius 1 is 0.933 bits per heavy atom. The average molecular weight is 417 g/mol. The largest absolute Gasteiger partial charge is 0.452 e. The second kappa shape index (κ2) is 17.9. The van der Waals surface area contributed by atoms with E-state index in [2.05, 4.69) is 55.5 Å². The van der Waals surface area contributed by atoms with Crippen LogP contribution in [0.1, 0.15) is 90.4 Å². The van der Waals surface area contributed by atoms with E-state index < -0.39 is 18.2 Å². The van der Waals surface area contributed by atoms with E-state index in [0.717, 1.165) is 25.7 Å². The average Bonchev–Trinajstić information content (AvgIpc) is 2.73. The SMILES string of the molecule is CCCCC/C=C\C/C=C\C/C=C\C/C=C\CCCC(=O)O[C@@H]1C(=O)CCC[C@@H]1O. The normalized spacial score (nSPS) is 20.3. The molecule has 1 rings (SSSR count). The number of hydrogen-bond donors (Lipinski definition) is 1. The molecule has 1 aliphatic carbocycles. The van der Waals surface area contributed by atoms with Crippen molar-refractivity contribution < 1.29 is 19.4 Å². The summed E-state index contributed by atoms with van der Waals surface area (Å²) in [5.41, 5.74) is 0. The van der Waals surface area contributed by atoms with Crippen molar-refractivity contribution in [2.24, 2.45) is 0 Å². The summed E-state index contributed by atoms with van der Waals surface area (Å²) in [6, 6.07) is 0. The van der Waals surface area contributed by atoms with Crippen LogP contribution in [0.25, 0.3) is 0 Å². The number of allylic oxidation sites excluding steroid dienone is 8. The molecule has 0 saturated heterocycles. The maximum atomic E-state index is 11.8. The highest BCUT2D eigenvalue weighted by molar-refractivity contribution is 5.86. The van der Waals surface area contributed by atoms with Crippen molar-refractivity contribution >= 4 is 11.8 Å². The molecule has 0 unspecified atom stereocenters. The first-order valence-corrected chi connectivity index (χ1v) is 11.7. The van der Waals surface area contributed by atoms with Gasteiger partial charge in [0.25, 0.3) is 0 Å². The third-order valence-electron chi connectivity index (χ3n) is 5.06. The number of ketones is 1. The molecule has 1 fully saturated rings. The van der Waals surface area contributed by atoms with Crippen LogP contribution in [0.2, 0.25) is 0 Å². The second-order valence-corrected chi connectivity index (χ2v) is 7.82. The number of hydrogen-bond acceptors (Lipinski definition) is 4. The van der Waals surface area contributed by atoms with E-state index in [9.17, 15) is 14.7 Å². The van der Waals surface area contributed by atoms with Crippen LogP contribution in [-0.2, 0) is 14.3 Å². The molecule has 1 N–H and O–H groups in total. The smallest absolute Gasteiger partial charge is 0.306 e. The Morgan fingerprint density at radius 2 is 1.50 bits per heavy atom. The van der Waals surface area contributed by atoms with E-state index in [-0.39, 0.29) is 12.2 Å². The summed E-state index contributed by atoms with van der Waals surface area (Å²) >= 11 is 0. The van der Waals surface area contributed by atoms with E-state index in [0.29, 0.717) is 25.7 Å². The molecular formula is C26H40O4. The van der Waals surface area contributed by atoms with E-state index in [1.54, 1.807) is 0 Å². The molecule has 0 aliphatic heterocycles. The monoisotopic (exact) mass is 416 g/mol. The number of aliphatic hydroxyl groups is 1. The fourth-order valence-electron chi connectivity index (χ4n) is 3.26. The highest BCUT2D eigenvalue weighted by Crippen LogP contribution is 2.19. The minimum atomic E-state index is -0.956. The van der Waals surface area contributed by atoms with Crippen LogP contribution in [0.4, 0.5) is 0 Å². The summed E-state index contributed by atoms with van der Waals surface area (Å²) in [6.07, 6.45) is 26.8. The number of esters is 1. The van der Waals surface area contributed by atoms with Crippen LogP contribution >= 0.6 is 0 Å². The number of rotatable bonds is 15. The molecule has 4 nitrogen and oxygen atoms in total. The molecule has 0 radical (unpaired) electrons. The Kier molecular flexibility index (Phi) is 15.6. The van der Waals surface area contributed by atoms with Gasteiger partial charge in [0, 0.05) is 12.8 Å². The summed E-state index contributed by atoms with van der Waals surface area (Å²) in [5.74, 6) is -0.562. The Bertz CT molecular complexity index is 586. The van der Waals surface area contributed by atoms with Crippen molar-refractivity contribution in [1.29, 1.82) is 0 Å². The van der Waals surface area contributed by atoms with Gasteiger partial charge in [0.1, 0.15) is 0 Å². The quantitative estimate of drug-likeness (QED) is 0.197. The Hall–Kier alpha value is -1.94. The Balaban J connectivity index is 2.00. The second-order valence-electron chi connectivity index (χ2n) is 7.82. The molecule has 0 spiro atoms. The number of carbonyl (C=O) groups excluding carboxylic acids is 2. The molecule has 0 heterocycles. The lowest BCUT2D eigenvalue weighted by atomic mass is 9.93. The highest BCUT2D eigenvalue weighted by atomic mass is 16.6. The van der Waals surface area contributed by atoms with Crippen molar-refractivity contribution in [1.82, 2.24) is 0 Å². The van der Waals surface area contributed by atoms with Crippen molar-refractivity contribution in [2.45, 2.75) is 103 Å². The zero-order chi connectivity index (χ0) is 21.9. The first kappa shape index (κ1) is 26.1. The van der Waals surface area contributed by atoms with Gasteiger partial charge in [-0.05, 0) is 57.8 Å². The predicted molar refractivity (Wildman–Crippen MR) is 123 cm³/mol. The van der Waals surface area contributed by atoms with Crippen LogP contribution in [0.3, 0.4) is 0 Å². The molecule has 1 saturated carbocycles. The molecule has 0 amide bonds. The summed E-state index contributed by atoms with van der Waals surface area (Å²) < 4.78 is 5.16. The third-order valence-corrected chi connectivity index (χ3v) is 5.06. The zero-order valence-electron chi connectivity index (χ0n) is 18.6. The standard InChI is InChI=1S/C26H40O4/c1-2-3-4-5-6-7-8-9-10-11-12-13-14-15-16-17-18-22-25(29)30-26-23(27)20-19-21-24(26)28/h6-7,9-10,12-13,15-16,23,26-27H,2-5,8,11,14,17-22H2,1H3/b7-6-,10-9-,13-12-,16-15-/t23-,26-/m0/s1. The van der Waals surface area contributed by atoms with Gasteiger partial charge in [0.05, 0.1) is 6.10 Å². The van der Waals surface area contributed by atoms with E-state index >= 15 is 0 Å². The minimum Gasteiger partial charge on any atom is -0.452 e. The lowest BCUT2D eigenvalue weighted by Gasteiger charge is -2.25. The van der Waals surface area contributed by atoms with Gasteiger partial charge < -0.3 is 9.84 Å². The number of aliphatic hydroxyl groups excluding tert-OH is 1. The molecule has 0 aromatic rings. The summed E-state index contributed by atoms with van der Waals surface area (Å²) in [6.45, 7) is 2.23. The predicted octanol–water partition coefficient (Wildman–Crippen LogP) is 6.16. The summed E-state index contributed by atoms with van der Waals surface area (Å²) in [5, 5.41) is 9.79. The molecule has 168 valence electrons. The number of ether oxygens (including phenoxy) is 1. The topological polar surface area (TPSA) is 63.6 Å². The van der Waals surface area contributed by atoms with Gasteiger partial charge in [-0.1, -0.05) is 68.4 Å². The van der Waals surface area contributed by atoms with Crippen LogP contribution in [0, 0.1) is 0 Å². The summed E-state index contributed by atoms with van der Waals surface area (Å²) in [4.78, 5) is 23.5. The molecule has 1 aliphatic rings. The summed E-state index contributed by atoms with van der Waals surface area (Å²) in [7, 11) is 0. The molecule has 0 aromatic heterocycles. The van der Waals surface area contributed by atoms with E-state index in [1.165, 1.54) is 25.7 Å². The van der Waals surface area contributed by atoms with Gasteiger partial charge in [-0.2, -0.15) is 0 Å². The van der Waals surface area contributed by atoms with Crippen LogP contribution < -0.4 is 0 Å². The van der Waals surface area contributed by atoms with Crippen LogP contribution in [0.15, 0.2) is 48.6 Å². The lowest BCUT2D eigenvalue weighted by molar-refractivity contribution is -0.164. The van der Waals surface area contributed by atoms with Crippen LogP contribution in [0.5, 0.6) is 0 Å². The fourth-order valence-corrected chi connectivity index (χ4v) is 3.26. The first-order chi connectivity index (χ1) is 14.6.